The smallest absolute Gasteiger partial charge is 0.118 e. The highest BCUT2D eigenvalue weighted by molar-refractivity contribution is 5.80. The van der Waals surface area contributed by atoms with E-state index in [1.54, 1.807) is 0 Å². The number of hydrogen-bond acceptors (Lipinski definition) is 2. The van der Waals surface area contributed by atoms with Crippen molar-refractivity contribution in [3.8, 4) is 11.1 Å². The van der Waals surface area contributed by atoms with Crippen LogP contribution >= 0.6 is 0 Å². The number of rotatable bonds is 0. The zero-order valence-electron chi connectivity index (χ0n) is 10.1. The molecular formula is C15H16N2. The molecule has 0 fully saturated rings. The van der Waals surface area contributed by atoms with Crippen molar-refractivity contribution in [2.75, 3.05) is 0 Å². The molecule has 2 aromatic rings. The summed E-state index contributed by atoms with van der Waals surface area (Å²) in [7, 11) is 0. The maximum absolute atomic E-state index is 6.32. The maximum Gasteiger partial charge on any atom is 0.118 e. The van der Waals surface area contributed by atoms with Crippen molar-refractivity contribution >= 4 is 0 Å². The van der Waals surface area contributed by atoms with E-state index in [4.69, 9.17) is 11.5 Å². The number of nitrogens with two attached hydrogens (primary N) is 2. The Balaban J connectivity index is 2.37. The number of benzene rings is 2. The Morgan fingerprint density at radius 2 is 1.18 bits per heavy atom. The molecule has 4 N–H and O–H groups in total. The van der Waals surface area contributed by atoms with Crippen molar-refractivity contribution in [1.82, 2.24) is 0 Å². The minimum atomic E-state index is -0.858. The Morgan fingerprint density at radius 3 is 1.59 bits per heavy atom. The molecule has 1 aliphatic rings. The molecule has 0 atom stereocenters. The highest BCUT2D eigenvalue weighted by Crippen LogP contribution is 2.43. The van der Waals surface area contributed by atoms with Crippen LogP contribution in [0.4, 0.5) is 0 Å². The molecule has 0 amide bonds. The summed E-state index contributed by atoms with van der Waals surface area (Å²) in [4.78, 5) is 0. The van der Waals surface area contributed by atoms with Gasteiger partial charge in [-0.05, 0) is 36.1 Å². The van der Waals surface area contributed by atoms with Gasteiger partial charge in [-0.2, -0.15) is 0 Å². The topological polar surface area (TPSA) is 52.0 Å². The molecule has 86 valence electrons. The first-order chi connectivity index (χ1) is 8.00. The lowest BCUT2D eigenvalue weighted by Gasteiger charge is -2.21. The van der Waals surface area contributed by atoms with Gasteiger partial charge in [0.05, 0.1) is 0 Å². The summed E-state index contributed by atoms with van der Waals surface area (Å²) in [5.41, 5.74) is 18.5. The van der Waals surface area contributed by atoms with Gasteiger partial charge < -0.3 is 11.5 Å². The van der Waals surface area contributed by atoms with Crippen LogP contribution in [-0.4, -0.2) is 0 Å². The fourth-order valence-corrected chi connectivity index (χ4v) is 2.62. The zero-order chi connectivity index (χ0) is 12.2. The van der Waals surface area contributed by atoms with Crippen LogP contribution in [0.5, 0.6) is 0 Å². The molecule has 3 rings (SSSR count). The van der Waals surface area contributed by atoms with Gasteiger partial charge >= 0.3 is 0 Å². The lowest BCUT2D eigenvalue weighted by Crippen LogP contribution is -2.45. The Hall–Kier alpha value is -1.64. The molecule has 0 unspecified atom stereocenters. The van der Waals surface area contributed by atoms with Gasteiger partial charge in [0.1, 0.15) is 5.66 Å². The van der Waals surface area contributed by atoms with E-state index in [9.17, 15) is 0 Å². The third-order valence-corrected chi connectivity index (χ3v) is 3.53. The Bertz CT molecular complexity index is 559. The highest BCUT2D eigenvalue weighted by atomic mass is 15.0. The van der Waals surface area contributed by atoms with Crippen molar-refractivity contribution < 1.29 is 0 Å². The molecule has 2 aromatic carbocycles. The molecule has 0 radical (unpaired) electrons. The summed E-state index contributed by atoms with van der Waals surface area (Å²) in [5, 5.41) is 0. The molecule has 1 aliphatic carbocycles. The standard InChI is InChI=1S/C15H16N2/c1-9-3-5-11-12-6-4-10(2)8-14(12)15(16,17)13(11)7-9/h3-8H,16-17H2,1-2H3. The second-order valence-electron chi connectivity index (χ2n) is 4.97. The second kappa shape index (κ2) is 3.19. The molecule has 0 bridgehead atoms. The summed E-state index contributed by atoms with van der Waals surface area (Å²) in [6.07, 6.45) is 0. The molecule has 0 spiro atoms. The van der Waals surface area contributed by atoms with Crippen LogP contribution in [-0.2, 0) is 5.66 Å². The first-order valence-electron chi connectivity index (χ1n) is 5.80. The normalized spacial score (nSPS) is 15.5. The van der Waals surface area contributed by atoms with E-state index in [1.165, 1.54) is 11.1 Å². The number of fused-ring (bicyclic) bond motifs is 3. The summed E-state index contributed by atoms with van der Waals surface area (Å²) < 4.78 is 0. The second-order valence-corrected chi connectivity index (χ2v) is 4.97. The fraction of sp³-hybridized carbons (Fsp3) is 0.200. The van der Waals surface area contributed by atoms with Crippen LogP contribution < -0.4 is 11.5 Å². The lowest BCUT2D eigenvalue weighted by atomic mass is 9.97. The van der Waals surface area contributed by atoms with Gasteiger partial charge in [0.15, 0.2) is 0 Å². The zero-order valence-corrected chi connectivity index (χ0v) is 10.1. The van der Waals surface area contributed by atoms with Gasteiger partial charge in [0.25, 0.3) is 0 Å². The van der Waals surface area contributed by atoms with Gasteiger partial charge in [0, 0.05) is 0 Å². The molecule has 0 saturated carbocycles. The van der Waals surface area contributed by atoms with Gasteiger partial charge in [-0.1, -0.05) is 47.5 Å². The summed E-state index contributed by atoms with van der Waals surface area (Å²) >= 11 is 0. The largest absolute Gasteiger partial charge is 0.306 e. The SMILES string of the molecule is Cc1ccc2c(c1)C(N)(N)c1cc(C)ccc1-2. The van der Waals surface area contributed by atoms with Gasteiger partial charge in [-0.25, -0.2) is 0 Å². The third-order valence-electron chi connectivity index (χ3n) is 3.53. The average Bonchev–Trinajstić information content (AvgIpc) is 2.49. The Morgan fingerprint density at radius 1 is 0.765 bits per heavy atom. The van der Waals surface area contributed by atoms with Crippen LogP contribution in [0, 0.1) is 13.8 Å². The van der Waals surface area contributed by atoms with E-state index in [0.717, 1.165) is 22.3 Å². The first kappa shape index (κ1) is 10.5. The minimum absolute atomic E-state index is 0.858. The van der Waals surface area contributed by atoms with E-state index in [2.05, 4.69) is 50.2 Å². The van der Waals surface area contributed by atoms with Gasteiger partial charge in [0.2, 0.25) is 0 Å². The minimum Gasteiger partial charge on any atom is -0.306 e. The molecule has 2 nitrogen and oxygen atoms in total. The molecule has 0 aromatic heterocycles. The predicted octanol–water partition coefficient (Wildman–Crippen LogP) is 2.40. The van der Waals surface area contributed by atoms with Crippen molar-refractivity contribution in [2.24, 2.45) is 11.5 Å². The van der Waals surface area contributed by atoms with Crippen molar-refractivity contribution in [3.05, 3.63) is 58.7 Å². The van der Waals surface area contributed by atoms with E-state index >= 15 is 0 Å². The van der Waals surface area contributed by atoms with Crippen LogP contribution in [0.25, 0.3) is 11.1 Å². The predicted molar refractivity (Wildman–Crippen MR) is 70.5 cm³/mol. The average molecular weight is 224 g/mol. The molecule has 2 heteroatoms. The molecule has 0 heterocycles. The maximum atomic E-state index is 6.32. The summed E-state index contributed by atoms with van der Waals surface area (Å²) in [5.74, 6) is 0. The molecule has 17 heavy (non-hydrogen) atoms. The fourth-order valence-electron chi connectivity index (χ4n) is 2.62. The van der Waals surface area contributed by atoms with Crippen LogP contribution in [0.15, 0.2) is 36.4 Å². The van der Waals surface area contributed by atoms with E-state index in [1.807, 2.05) is 0 Å². The highest BCUT2D eigenvalue weighted by Gasteiger charge is 2.36. The van der Waals surface area contributed by atoms with Crippen molar-refractivity contribution in [3.63, 3.8) is 0 Å². The Kier molecular flexibility index (Phi) is 1.97. The van der Waals surface area contributed by atoms with E-state index in [-0.39, 0.29) is 0 Å². The van der Waals surface area contributed by atoms with E-state index < -0.39 is 5.66 Å². The molecule has 0 saturated heterocycles. The summed E-state index contributed by atoms with van der Waals surface area (Å²) in [6, 6.07) is 12.6. The third kappa shape index (κ3) is 1.35. The first-order valence-corrected chi connectivity index (χ1v) is 5.80. The van der Waals surface area contributed by atoms with Gasteiger partial charge in [-0.15, -0.1) is 0 Å². The quantitative estimate of drug-likeness (QED) is 0.675. The van der Waals surface area contributed by atoms with Gasteiger partial charge in [-0.3, -0.25) is 0 Å². The van der Waals surface area contributed by atoms with Crippen LogP contribution in [0.3, 0.4) is 0 Å². The van der Waals surface area contributed by atoms with E-state index in [0.29, 0.717) is 0 Å². The van der Waals surface area contributed by atoms with Crippen molar-refractivity contribution in [1.29, 1.82) is 0 Å². The van der Waals surface area contributed by atoms with Crippen molar-refractivity contribution in [2.45, 2.75) is 19.5 Å². The number of aryl methyl sites for hydroxylation is 2. The lowest BCUT2D eigenvalue weighted by molar-refractivity contribution is 0.583. The van der Waals surface area contributed by atoms with Crippen LogP contribution in [0.2, 0.25) is 0 Å². The Labute approximate surface area is 101 Å². The molecular weight excluding hydrogens is 208 g/mol. The number of hydrogen-bond donors (Lipinski definition) is 2. The van der Waals surface area contributed by atoms with Crippen LogP contribution in [0.1, 0.15) is 22.3 Å². The summed E-state index contributed by atoms with van der Waals surface area (Å²) in [6.45, 7) is 4.12. The molecule has 0 aliphatic heterocycles. The monoisotopic (exact) mass is 224 g/mol.